The van der Waals surface area contributed by atoms with E-state index in [1.807, 2.05) is 6.92 Å². The molecule has 0 bridgehead atoms. The monoisotopic (exact) mass is 474 g/mol. The quantitative estimate of drug-likeness (QED) is 0.525. The zero-order valence-electron chi connectivity index (χ0n) is 16.9. The van der Waals surface area contributed by atoms with Crippen molar-refractivity contribution in [1.82, 2.24) is 0 Å². The molecule has 4 aliphatic rings. The first kappa shape index (κ1) is 21.5. The average Bonchev–Trinajstić information content (AvgIpc) is 2.93. The van der Waals surface area contributed by atoms with Gasteiger partial charge in [-0.05, 0) is 0 Å². The van der Waals surface area contributed by atoms with Crippen LogP contribution in [-0.4, -0.2) is 58.8 Å². The molecule has 1 unspecified atom stereocenters. The minimum absolute atomic E-state index is 0.0121. The van der Waals surface area contributed by atoms with Crippen molar-refractivity contribution >= 4 is 26.1 Å². The molecule has 0 amide bonds. The molecular formula is C21H30O7Se. The van der Waals surface area contributed by atoms with Gasteiger partial charge in [0, 0.05) is 0 Å². The van der Waals surface area contributed by atoms with Crippen molar-refractivity contribution in [3.05, 3.63) is 11.6 Å². The van der Waals surface area contributed by atoms with Crippen LogP contribution in [0.4, 0.5) is 0 Å². The number of hydrogen-bond acceptors (Lipinski definition) is 6. The van der Waals surface area contributed by atoms with E-state index in [1.165, 1.54) is 0 Å². The fraction of sp³-hybridized carbons (Fsp3) is 0.810. The molecule has 0 heterocycles. The van der Waals surface area contributed by atoms with Crippen molar-refractivity contribution < 1.29 is 31.6 Å². The summed E-state index contributed by atoms with van der Waals surface area (Å²) in [5.74, 6) is -0.242. The van der Waals surface area contributed by atoms with Gasteiger partial charge in [0.1, 0.15) is 0 Å². The summed E-state index contributed by atoms with van der Waals surface area (Å²) in [6.07, 6.45) is 5.10. The Hall–Kier alpha value is -0.761. The van der Waals surface area contributed by atoms with E-state index in [4.69, 9.17) is 3.82 Å². The Balaban J connectivity index is 1.76. The first-order valence-electron chi connectivity index (χ1n) is 10.5. The van der Waals surface area contributed by atoms with Gasteiger partial charge in [0.25, 0.3) is 0 Å². The summed E-state index contributed by atoms with van der Waals surface area (Å²) in [6, 6.07) is 0. The van der Waals surface area contributed by atoms with E-state index in [2.05, 4.69) is 6.92 Å². The van der Waals surface area contributed by atoms with E-state index in [9.17, 15) is 27.8 Å². The van der Waals surface area contributed by atoms with Gasteiger partial charge >= 0.3 is 175 Å². The number of aliphatic hydroxyl groups excluding tert-OH is 2. The molecule has 8 heteroatoms. The molecule has 4 aliphatic carbocycles. The molecule has 7 nitrogen and oxygen atoms in total. The second kappa shape index (κ2) is 7.14. The molecule has 0 radical (unpaired) electrons. The second-order valence-electron chi connectivity index (χ2n) is 9.82. The molecular weight excluding hydrogens is 443 g/mol. The molecule has 0 aromatic heterocycles. The zero-order chi connectivity index (χ0) is 21.2. The van der Waals surface area contributed by atoms with Crippen LogP contribution in [0.25, 0.3) is 0 Å². The van der Waals surface area contributed by atoms with Crippen molar-refractivity contribution in [3.8, 4) is 0 Å². The Labute approximate surface area is 175 Å². The van der Waals surface area contributed by atoms with Gasteiger partial charge in [-0.25, -0.2) is 0 Å². The zero-order valence-corrected chi connectivity index (χ0v) is 18.6. The van der Waals surface area contributed by atoms with E-state index in [-0.39, 0.29) is 41.8 Å². The predicted molar refractivity (Wildman–Crippen MR) is 103 cm³/mol. The van der Waals surface area contributed by atoms with E-state index < -0.39 is 44.0 Å². The summed E-state index contributed by atoms with van der Waals surface area (Å²) >= 11 is -3.64. The number of hydrogen-bond donors (Lipinski definition) is 3. The Kier molecular flexibility index (Phi) is 5.29. The molecule has 8 atom stereocenters. The first-order valence-corrected chi connectivity index (χ1v) is 12.6. The van der Waals surface area contributed by atoms with E-state index >= 15 is 0 Å². The summed E-state index contributed by atoms with van der Waals surface area (Å²) in [6.45, 7) is 3.28. The standard InChI is InChI=1S/C21H30O7Se/c1-19-7-5-13(23)9-12(19)3-4-14-15-6-8-21(17(25)11-22,28-29(26)27)20(15,2)10-16(24)18(14)19/h9,14-16,18,22,24H,3-8,10-11H2,1-2H3,(H,26,27)/t14-,15-,16-,18+,19-,20-,21-/m0/s1. The normalized spacial score (nSPS) is 47.6. The van der Waals surface area contributed by atoms with Crippen LogP contribution in [-0.2, 0) is 17.2 Å². The van der Waals surface area contributed by atoms with Crippen LogP contribution in [0.15, 0.2) is 11.6 Å². The van der Waals surface area contributed by atoms with Gasteiger partial charge in [0.15, 0.2) is 0 Å². The Bertz CT molecular complexity index is 794. The molecule has 0 saturated heterocycles. The molecule has 4 rings (SSSR count). The Morgan fingerprint density at radius 2 is 2.00 bits per heavy atom. The van der Waals surface area contributed by atoms with Gasteiger partial charge in [-0.2, -0.15) is 0 Å². The van der Waals surface area contributed by atoms with Crippen LogP contribution in [0.1, 0.15) is 58.8 Å². The van der Waals surface area contributed by atoms with Crippen LogP contribution in [0.2, 0.25) is 0 Å². The summed E-state index contributed by atoms with van der Waals surface area (Å²) < 4.78 is 26.7. The van der Waals surface area contributed by atoms with Crippen molar-refractivity contribution in [3.63, 3.8) is 0 Å². The van der Waals surface area contributed by atoms with Gasteiger partial charge in [0.05, 0.1) is 0 Å². The summed E-state index contributed by atoms with van der Waals surface area (Å²) in [5, 5.41) is 20.9. The van der Waals surface area contributed by atoms with Gasteiger partial charge in [-0.15, -0.1) is 0 Å². The Morgan fingerprint density at radius 1 is 1.28 bits per heavy atom. The molecule has 0 spiro atoms. The first-order chi connectivity index (χ1) is 13.6. The van der Waals surface area contributed by atoms with E-state index in [1.54, 1.807) is 6.08 Å². The molecule has 3 saturated carbocycles. The van der Waals surface area contributed by atoms with E-state index in [0.717, 1.165) is 24.8 Å². The predicted octanol–water partition coefficient (Wildman–Crippen LogP) is 1.21. The van der Waals surface area contributed by atoms with Crippen LogP contribution in [0, 0.1) is 28.6 Å². The van der Waals surface area contributed by atoms with Crippen molar-refractivity contribution in [2.24, 2.45) is 28.6 Å². The SMILES string of the molecule is C[C@]12CCC(=O)C=C1CC[C@@H]1[C@@H]2[C@@H](O)C[C@@]2(C)[C@H]1CC[C@]2(O[Se](=O)O)C(=O)CO. The topological polar surface area (TPSA) is 121 Å². The molecule has 0 aromatic rings. The fourth-order valence-corrected chi connectivity index (χ4v) is 8.85. The van der Waals surface area contributed by atoms with Crippen LogP contribution < -0.4 is 0 Å². The summed E-state index contributed by atoms with van der Waals surface area (Å²) in [5.41, 5.74) is -1.45. The maximum atomic E-state index is 12.8. The van der Waals surface area contributed by atoms with Gasteiger partial charge in [0.2, 0.25) is 0 Å². The maximum absolute atomic E-state index is 12.8. The molecule has 3 N–H and O–H groups in total. The number of allylic oxidation sites excluding steroid dienone is 1. The number of fused-ring (bicyclic) bond motifs is 5. The van der Waals surface area contributed by atoms with Gasteiger partial charge in [-0.3, -0.25) is 0 Å². The molecule has 162 valence electrons. The third-order valence-electron chi connectivity index (χ3n) is 8.82. The number of Topliss-reactive ketones (excluding diaryl/α,β-unsaturated/α-hetero) is 1. The third-order valence-corrected chi connectivity index (χ3v) is 9.72. The molecule has 0 aliphatic heterocycles. The Morgan fingerprint density at radius 3 is 2.66 bits per heavy atom. The van der Waals surface area contributed by atoms with Crippen molar-refractivity contribution in [1.29, 1.82) is 0 Å². The molecule has 29 heavy (non-hydrogen) atoms. The van der Waals surface area contributed by atoms with E-state index in [0.29, 0.717) is 12.8 Å². The van der Waals surface area contributed by atoms with Gasteiger partial charge < -0.3 is 0 Å². The second-order valence-corrected chi connectivity index (χ2v) is 11.1. The average molecular weight is 473 g/mol. The van der Waals surface area contributed by atoms with Crippen molar-refractivity contribution in [2.45, 2.75) is 70.5 Å². The number of aliphatic hydroxyl groups is 2. The number of rotatable bonds is 4. The number of carbonyl (C=O) groups is 2. The third kappa shape index (κ3) is 2.91. The summed E-state index contributed by atoms with van der Waals surface area (Å²) in [7, 11) is 0. The van der Waals surface area contributed by atoms with Crippen LogP contribution >= 0.6 is 0 Å². The number of ketones is 2. The minimum atomic E-state index is -3.64. The number of carbonyl (C=O) groups excluding carboxylic acids is 2. The summed E-state index contributed by atoms with van der Waals surface area (Å²) in [4.78, 5) is 24.8. The van der Waals surface area contributed by atoms with Crippen molar-refractivity contribution in [2.75, 3.05) is 6.61 Å². The van der Waals surface area contributed by atoms with Crippen LogP contribution in [0.5, 0.6) is 0 Å². The fourth-order valence-electron chi connectivity index (χ4n) is 7.57. The molecule has 3 fully saturated rings. The van der Waals surface area contributed by atoms with Crippen LogP contribution in [0.3, 0.4) is 0 Å². The molecule has 0 aromatic carbocycles. The van der Waals surface area contributed by atoms with Gasteiger partial charge in [-0.1, -0.05) is 0 Å².